The third-order valence-corrected chi connectivity index (χ3v) is 1.06. The van der Waals surface area contributed by atoms with Crippen LogP contribution in [0.25, 0.3) is 0 Å². The molecule has 0 heterocycles. The first kappa shape index (κ1) is 9.84. The van der Waals surface area contributed by atoms with Crippen LogP contribution < -0.4 is 11.1 Å². The molecule has 0 radical (unpaired) electrons. The maximum atomic E-state index is 8.82. The quantitative estimate of drug-likeness (QED) is 0.374. The van der Waals surface area contributed by atoms with Crippen LogP contribution in [-0.4, -0.2) is 42.1 Å². The average Bonchev–Trinajstić information content (AvgIpc) is 1.87. The van der Waals surface area contributed by atoms with Gasteiger partial charge in [0.05, 0.1) is 12.7 Å². The van der Waals surface area contributed by atoms with Gasteiger partial charge >= 0.3 is 0 Å². The van der Waals surface area contributed by atoms with Gasteiger partial charge in [-0.05, 0) is 6.92 Å². The molecular formula is C6H16N2O2. The van der Waals surface area contributed by atoms with E-state index in [0.717, 1.165) is 0 Å². The zero-order valence-corrected chi connectivity index (χ0v) is 6.25. The zero-order valence-electron chi connectivity index (χ0n) is 6.25. The summed E-state index contributed by atoms with van der Waals surface area (Å²) in [6, 6.07) is 0.0888. The standard InChI is InChI=1S/C6H16N2O2/c1-5(7)2-8-3-6(10)4-9/h5-6,8-10H,2-4,7H2,1H3. The summed E-state index contributed by atoms with van der Waals surface area (Å²) in [4.78, 5) is 0. The van der Waals surface area contributed by atoms with E-state index in [1.165, 1.54) is 0 Å². The highest BCUT2D eigenvalue weighted by atomic mass is 16.3. The molecule has 0 aromatic rings. The maximum absolute atomic E-state index is 8.82. The van der Waals surface area contributed by atoms with Crippen molar-refractivity contribution in [3.05, 3.63) is 0 Å². The van der Waals surface area contributed by atoms with Crippen molar-refractivity contribution >= 4 is 0 Å². The molecule has 4 nitrogen and oxygen atoms in total. The molecular weight excluding hydrogens is 132 g/mol. The second-order valence-electron chi connectivity index (χ2n) is 2.47. The van der Waals surface area contributed by atoms with Gasteiger partial charge in [-0.2, -0.15) is 0 Å². The van der Waals surface area contributed by atoms with Crippen LogP contribution in [-0.2, 0) is 0 Å². The van der Waals surface area contributed by atoms with Gasteiger partial charge in [0.15, 0.2) is 0 Å². The second kappa shape index (κ2) is 5.61. The molecule has 0 fully saturated rings. The Labute approximate surface area is 61.0 Å². The molecule has 0 saturated heterocycles. The van der Waals surface area contributed by atoms with E-state index in [1.807, 2.05) is 6.92 Å². The second-order valence-corrected chi connectivity index (χ2v) is 2.47. The number of hydrogen-bond acceptors (Lipinski definition) is 4. The molecule has 4 heteroatoms. The highest BCUT2D eigenvalue weighted by Gasteiger charge is 2.00. The molecule has 0 aliphatic rings. The molecule has 0 aliphatic carbocycles. The van der Waals surface area contributed by atoms with Crippen LogP contribution in [0, 0.1) is 0 Å². The summed E-state index contributed by atoms with van der Waals surface area (Å²) in [5.41, 5.74) is 5.41. The minimum Gasteiger partial charge on any atom is -0.394 e. The van der Waals surface area contributed by atoms with E-state index in [-0.39, 0.29) is 12.6 Å². The van der Waals surface area contributed by atoms with Gasteiger partial charge in [-0.3, -0.25) is 0 Å². The lowest BCUT2D eigenvalue weighted by molar-refractivity contribution is 0.0944. The number of rotatable bonds is 5. The number of nitrogens with two attached hydrogens (primary N) is 1. The molecule has 0 spiro atoms. The minimum absolute atomic E-state index is 0.0888. The monoisotopic (exact) mass is 148 g/mol. The van der Waals surface area contributed by atoms with Crippen molar-refractivity contribution in [2.45, 2.75) is 19.1 Å². The van der Waals surface area contributed by atoms with E-state index >= 15 is 0 Å². The van der Waals surface area contributed by atoms with Crippen LogP contribution in [0.4, 0.5) is 0 Å². The summed E-state index contributed by atoms with van der Waals surface area (Å²) in [6.07, 6.45) is -0.668. The third-order valence-electron chi connectivity index (χ3n) is 1.06. The Hall–Kier alpha value is -0.160. The summed E-state index contributed by atoms with van der Waals surface area (Å²) < 4.78 is 0. The lowest BCUT2D eigenvalue weighted by Gasteiger charge is -2.10. The smallest absolute Gasteiger partial charge is 0.0894 e. The SMILES string of the molecule is CC(N)CNCC(O)CO. The molecule has 0 rings (SSSR count). The molecule has 0 bridgehead atoms. The summed E-state index contributed by atoms with van der Waals surface area (Å²) in [7, 11) is 0. The normalized spacial score (nSPS) is 16.8. The van der Waals surface area contributed by atoms with Crippen LogP contribution in [0.5, 0.6) is 0 Å². The van der Waals surface area contributed by atoms with Crippen LogP contribution in [0.1, 0.15) is 6.92 Å². The topological polar surface area (TPSA) is 78.5 Å². The summed E-state index contributed by atoms with van der Waals surface area (Å²) >= 11 is 0. The first-order valence-corrected chi connectivity index (χ1v) is 3.42. The Morgan fingerprint density at radius 3 is 2.50 bits per heavy atom. The van der Waals surface area contributed by atoms with Crippen LogP contribution in [0.3, 0.4) is 0 Å². The van der Waals surface area contributed by atoms with E-state index in [0.29, 0.717) is 13.1 Å². The zero-order chi connectivity index (χ0) is 7.98. The van der Waals surface area contributed by atoms with Gasteiger partial charge in [-0.15, -0.1) is 0 Å². The predicted molar refractivity (Wildman–Crippen MR) is 39.6 cm³/mol. The number of aliphatic hydroxyl groups excluding tert-OH is 2. The molecule has 2 atom stereocenters. The van der Waals surface area contributed by atoms with Crippen molar-refractivity contribution in [2.24, 2.45) is 5.73 Å². The summed E-state index contributed by atoms with van der Waals surface area (Å²) in [6.45, 7) is 2.74. The van der Waals surface area contributed by atoms with Crippen molar-refractivity contribution in [3.63, 3.8) is 0 Å². The average molecular weight is 148 g/mol. The van der Waals surface area contributed by atoms with Crippen molar-refractivity contribution in [2.75, 3.05) is 19.7 Å². The fraction of sp³-hybridized carbons (Fsp3) is 1.00. The molecule has 0 aliphatic heterocycles. The Kier molecular flexibility index (Phi) is 5.52. The van der Waals surface area contributed by atoms with E-state index < -0.39 is 6.10 Å². The number of aliphatic hydroxyl groups is 2. The van der Waals surface area contributed by atoms with Crippen LogP contribution in [0.15, 0.2) is 0 Å². The Morgan fingerprint density at radius 2 is 2.10 bits per heavy atom. The highest BCUT2D eigenvalue weighted by Crippen LogP contribution is 1.76. The molecule has 10 heavy (non-hydrogen) atoms. The van der Waals surface area contributed by atoms with Gasteiger partial charge in [-0.25, -0.2) is 0 Å². The molecule has 62 valence electrons. The first-order valence-electron chi connectivity index (χ1n) is 3.42. The predicted octanol–water partition coefficient (Wildman–Crippen LogP) is -1.72. The molecule has 5 N–H and O–H groups in total. The van der Waals surface area contributed by atoms with Gasteiger partial charge in [0.2, 0.25) is 0 Å². The fourth-order valence-electron chi connectivity index (χ4n) is 0.542. The summed E-state index contributed by atoms with van der Waals surface area (Å²) in [5, 5.41) is 20.1. The maximum Gasteiger partial charge on any atom is 0.0894 e. The molecule has 0 saturated carbocycles. The van der Waals surface area contributed by atoms with Gasteiger partial charge in [-0.1, -0.05) is 0 Å². The largest absolute Gasteiger partial charge is 0.394 e. The van der Waals surface area contributed by atoms with Crippen molar-refractivity contribution in [1.29, 1.82) is 0 Å². The first-order chi connectivity index (χ1) is 4.66. The van der Waals surface area contributed by atoms with Crippen molar-refractivity contribution in [3.8, 4) is 0 Å². The number of hydrogen-bond donors (Lipinski definition) is 4. The molecule has 0 amide bonds. The van der Waals surface area contributed by atoms with Crippen molar-refractivity contribution < 1.29 is 10.2 Å². The van der Waals surface area contributed by atoms with E-state index in [1.54, 1.807) is 0 Å². The van der Waals surface area contributed by atoms with E-state index in [4.69, 9.17) is 15.9 Å². The van der Waals surface area contributed by atoms with E-state index in [2.05, 4.69) is 5.32 Å². The van der Waals surface area contributed by atoms with Crippen LogP contribution in [0.2, 0.25) is 0 Å². The van der Waals surface area contributed by atoms with Gasteiger partial charge in [0.1, 0.15) is 0 Å². The Balaban J connectivity index is 3.03. The number of nitrogens with one attached hydrogen (secondary N) is 1. The summed E-state index contributed by atoms with van der Waals surface area (Å²) in [5.74, 6) is 0. The minimum atomic E-state index is -0.668. The van der Waals surface area contributed by atoms with Crippen LogP contribution >= 0.6 is 0 Å². The lowest BCUT2D eigenvalue weighted by atomic mass is 10.3. The van der Waals surface area contributed by atoms with Gasteiger partial charge in [0.25, 0.3) is 0 Å². The Bertz CT molecular complexity index is 78.1. The highest BCUT2D eigenvalue weighted by molar-refractivity contribution is 4.61. The van der Waals surface area contributed by atoms with Gasteiger partial charge < -0.3 is 21.3 Å². The fourth-order valence-corrected chi connectivity index (χ4v) is 0.542. The van der Waals surface area contributed by atoms with E-state index in [9.17, 15) is 0 Å². The Morgan fingerprint density at radius 1 is 1.50 bits per heavy atom. The molecule has 2 unspecified atom stereocenters. The third kappa shape index (κ3) is 5.97. The van der Waals surface area contributed by atoms with Gasteiger partial charge in [0, 0.05) is 19.1 Å². The lowest BCUT2D eigenvalue weighted by Crippen LogP contribution is -2.36. The van der Waals surface area contributed by atoms with Crippen molar-refractivity contribution in [1.82, 2.24) is 5.32 Å². The molecule has 0 aromatic carbocycles. The molecule has 0 aromatic heterocycles.